The van der Waals surface area contributed by atoms with Gasteiger partial charge in [0.1, 0.15) is 12.1 Å². The number of rotatable bonds is 4. The fourth-order valence-electron chi connectivity index (χ4n) is 3.22. The van der Waals surface area contributed by atoms with Crippen molar-refractivity contribution in [3.05, 3.63) is 84.4 Å². The summed E-state index contributed by atoms with van der Waals surface area (Å²) in [6.07, 6.45) is 2.05. The average Bonchev–Trinajstić information content (AvgIpc) is 2.59. The van der Waals surface area contributed by atoms with E-state index < -0.39 is 0 Å². The van der Waals surface area contributed by atoms with Crippen LogP contribution in [0.3, 0.4) is 0 Å². The summed E-state index contributed by atoms with van der Waals surface area (Å²) in [5, 5.41) is 0. The van der Waals surface area contributed by atoms with Gasteiger partial charge >= 0.3 is 5.97 Å². The van der Waals surface area contributed by atoms with Crippen molar-refractivity contribution >= 4 is 5.97 Å². The molecule has 2 aromatic carbocycles. The first-order valence-corrected chi connectivity index (χ1v) is 7.85. The Morgan fingerprint density at radius 1 is 1.04 bits per heavy atom. The first-order valence-electron chi connectivity index (χ1n) is 7.85. The van der Waals surface area contributed by atoms with Gasteiger partial charge in [-0.15, -0.1) is 6.58 Å². The topological polar surface area (TPSA) is 29.5 Å². The SMILES string of the molecule is C=CCC1C(=O)OC(c2ccccc2)C(c2ccccc2)N1C. The standard InChI is InChI=1S/C20H21NO2/c1-3-10-17-20(22)23-19(16-13-8-5-9-14-16)18(21(17)2)15-11-6-4-7-12-15/h3-9,11-14,17-19H,1,10H2,2H3. The van der Waals surface area contributed by atoms with Gasteiger partial charge in [-0.1, -0.05) is 66.7 Å². The van der Waals surface area contributed by atoms with Crippen molar-refractivity contribution in [2.45, 2.75) is 24.6 Å². The molecule has 0 bridgehead atoms. The summed E-state index contributed by atoms with van der Waals surface area (Å²) in [6.45, 7) is 3.76. The van der Waals surface area contributed by atoms with E-state index in [2.05, 4.69) is 23.6 Å². The van der Waals surface area contributed by atoms with Crippen LogP contribution in [0.1, 0.15) is 29.7 Å². The molecule has 23 heavy (non-hydrogen) atoms. The van der Waals surface area contributed by atoms with E-state index in [9.17, 15) is 4.79 Å². The molecule has 0 aliphatic carbocycles. The number of esters is 1. The third kappa shape index (κ3) is 3.06. The van der Waals surface area contributed by atoms with Crippen molar-refractivity contribution in [2.24, 2.45) is 0 Å². The molecule has 3 atom stereocenters. The number of likely N-dealkylation sites (N-methyl/N-ethyl adjacent to an activating group) is 1. The van der Waals surface area contributed by atoms with Crippen LogP contribution >= 0.6 is 0 Å². The fourth-order valence-corrected chi connectivity index (χ4v) is 3.22. The lowest BCUT2D eigenvalue weighted by Crippen LogP contribution is -2.49. The summed E-state index contributed by atoms with van der Waals surface area (Å²) in [6, 6.07) is 19.8. The highest BCUT2D eigenvalue weighted by atomic mass is 16.6. The van der Waals surface area contributed by atoms with E-state index in [0.29, 0.717) is 6.42 Å². The number of benzene rings is 2. The van der Waals surface area contributed by atoms with E-state index in [1.807, 2.05) is 55.6 Å². The summed E-state index contributed by atoms with van der Waals surface area (Å²) >= 11 is 0. The molecule has 1 fully saturated rings. The third-order valence-electron chi connectivity index (χ3n) is 4.39. The summed E-state index contributed by atoms with van der Waals surface area (Å²) in [5.41, 5.74) is 2.16. The van der Waals surface area contributed by atoms with E-state index in [-0.39, 0.29) is 24.2 Å². The molecule has 3 nitrogen and oxygen atoms in total. The zero-order valence-electron chi connectivity index (χ0n) is 13.3. The quantitative estimate of drug-likeness (QED) is 0.634. The predicted molar refractivity (Wildman–Crippen MR) is 90.8 cm³/mol. The maximum Gasteiger partial charge on any atom is 0.324 e. The van der Waals surface area contributed by atoms with Crippen molar-refractivity contribution in [1.82, 2.24) is 4.90 Å². The fraction of sp³-hybridized carbons (Fsp3) is 0.250. The molecule has 118 valence electrons. The molecule has 0 radical (unpaired) electrons. The zero-order valence-corrected chi connectivity index (χ0v) is 13.3. The molecule has 0 amide bonds. The van der Waals surface area contributed by atoms with Gasteiger partial charge < -0.3 is 4.74 Å². The molecular formula is C20H21NO2. The molecule has 1 heterocycles. The smallest absolute Gasteiger partial charge is 0.324 e. The predicted octanol–water partition coefficient (Wildman–Crippen LogP) is 3.90. The third-order valence-corrected chi connectivity index (χ3v) is 4.39. The number of morpholine rings is 1. The molecule has 0 saturated carbocycles. The Bertz CT molecular complexity index is 669. The largest absolute Gasteiger partial charge is 0.454 e. The number of hydrogen-bond donors (Lipinski definition) is 0. The Balaban J connectivity index is 2.03. The molecule has 3 heteroatoms. The highest BCUT2D eigenvalue weighted by molar-refractivity contribution is 5.77. The zero-order chi connectivity index (χ0) is 16.2. The molecule has 0 N–H and O–H groups in total. The van der Waals surface area contributed by atoms with Crippen molar-refractivity contribution in [3.8, 4) is 0 Å². The molecule has 1 aliphatic heterocycles. The second-order valence-corrected chi connectivity index (χ2v) is 5.83. The van der Waals surface area contributed by atoms with Crippen LogP contribution in [0.4, 0.5) is 0 Å². The lowest BCUT2D eigenvalue weighted by molar-refractivity contribution is -0.173. The highest BCUT2D eigenvalue weighted by Crippen LogP contribution is 2.41. The van der Waals surface area contributed by atoms with Crippen LogP contribution in [0.25, 0.3) is 0 Å². The van der Waals surface area contributed by atoms with Gasteiger partial charge in [-0.2, -0.15) is 0 Å². The van der Waals surface area contributed by atoms with Gasteiger partial charge in [0, 0.05) is 0 Å². The minimum absolute atomic E-state index is 0.0127. The normalized spacial score (nSPS) is 24.9. The summed E-state index contributed by atoms with van der Waals surface area (Å²) in [7, 11) is 1.99. The van der Waals surface area contributed by atoms with Crippen LogP contribution in [0.15, 0.2) is 73.3 Å². The van der Waals surface area contributed by atoms with Gasteiger partial charge in [0.25, 0.3) is 0 Å². The van der Waals surface area contributed by atoms with Gasteiger partial charge in [0.15, 0.2) is 0 Å². The average molecular weight is 307 g/mol. The Kier molecular flexibility index (Phi) is 4.58. The first kappa shape index (κ1) is 15.5. The minimum atomic E-state index is -0.308. The molecule has 1 saturated heterocycles. The monoisotopic (exact) mass is 307 g/mol. The number of nitrogens with zero attached hydrogens (tertiary/aromatic N) is 1. The number of cyclic esters (lactones) is 1. The van der Waals surface area contributed by atoms with Crippen LogP contribution in [-0.2, 0) is 9.53 Å². The number of ether oxygens (including phenoxy) is 1. The highest BCUT2D eigenvalue weighted by Gasteiger charge is 2.42. The Labute approximate surface area is 137 Å². The first-order chi connectivity index (χ1) is 11.2. The van der Waals surface area contributed by atoms with E-state index >= 15 is 0 Å². The molecule has 0 aromatic heterocycles. The maximum atomic E-state index is 12.4. The van der Waals surface area contributed by atoms with Crippen molar-refractivity contribution in [2.75, 3.05) is 7.05 Å². The maximum absolute atomic E-state index is 12.4. The van der Waals surface area contributed by atoms with Crippen LogP contribution in [0.2, 0.25) is 0 Å². The molecular weight excluding hydrogens is 286 g/mol. The number of carbonyl (C=O) groups is 1. The van der Waals surface area contributed by atoms with Crippen LogP contribution < -0.4 is 0 Å². The summed E-state index contributed by atoms with van der Waals surface area (Å²) in [4.78, 5) is 14.6. The van der Waals surface area contributed by atoms with Crippen molar-refractivity contribution in [1.29, 1.82) is 0 Å². The minimum Gasteiger partial charge on any atom is -0.454 e. The second-order valence-electron chi connectivity index (χ2n) is 5.83. The molecule has 3 rings (SSSR count). The Morgan fingerprint density at radius 2 is 1.61 bits per heavy atom. The van der Waals surface area contributed by atoms with Gasteiger partial charge in [0.2, 0.25) is 0 Å². The van der Waals surface area contributed by atoms with E-state index in [4.69, 9.17) is 4.74 Å². The summed E-state index contributed by atoms with van der Waals surface area (Å²) in [5.74, 6) is -0.187. The van der Waals surface area contributed by atoms with Gasteiger partial charge in [-0.05, 0) is 24.6 Å². The van der Waals surface area contributed by atoms with Crippen LogP contribution in [0, 0.1) is 0 Å². The van der Waals surface area contributed by atoms with E-state index in [0.717, 1.165) is 11.1 Å². The lowest BCUT2D eigenvalue weighted by atomic mass is 9.91. The molecule has 2 aromatic rings. The van der Waals surface area contributed by atoms with Crippen molar-refractivity contribution in [3.63, 3.8) is 0 Å². The second kappa shape index (κ2) is 6.80. The van der Waals surface area contributed by atoms with Crippen LogP contribution in [-0.4, -0.2) is 24.0 Å². The van der Waals surface area contributed by atoms with Crippen LogP contribution in [0.5, 0.6) is 0 Å². The molecule has 3 unspecified atom stereocenters. The Hall–Kier alpha value is -2.39. The summed E-state index contributed by atoms with van der Waals surface area (Å²) < 4.78 is 5.85. The van der Waals surface area contributed by atoms with Crippen molar-refractivity contribution < 1.29 is 9.53 Å². The Morgan fingerprint density at radius 3 is 2.17 bits per heavy atom. The van der Waals surface area contributed by atoms with E-state index in [1.54, 1.807) is 6.08 Å². The number of carbonyl (C=O) groups excluding carboxylic acids is 1. The lowest BCUT2D eigenvalue weighted by Gasteiger charge is -2.43. The molecule has 1 aliphatic rings. The number of hydrogen-bond acceptors (Lipinski definition) is 3. The van der Waals surface area contributed by atoms with Gasteiger partial charge in [-0.25, -0.2) is 0 Å². The van der Waals surface area contributed by atoms with Gasteiger partial charge in [0.05, 0.1) is 6.04 Å². The molecule has 0 spiro atoms. The van der Waals surface area contributed by atoms with Gasteiger partial charge in [-0.3, -0.25) is 9.69 Å². The van der Waals surface area contributed by atoms with E-state index in [1.165, 1.54) is 0 Å².